The van der Waals surface area contributed by atoms with E-state index in [0.29, 0.717) is 25.8 Å². The summed E-state index contributed by atoms with van der Waals surface area (Å²) in [6.45, 7) is 0.969. The first-order chi connectivity index (χ1) is 16.6. The standard InChI is InChI=1S/C28H30N2O4/c29-26(27(31)33-18-20-10-2-1-3-11-20)16-8-9-17-30-28(32)34-19-25-23-14-6-4-12-21(23)22-13-5-7-15-24(22)25/h1-7,10-15,25-26H,8-9,16-19,29H2,(H,30,32)/t26-/m1/s1. The van der Waals surface area contributed by atoms with Gasteiger partial charge in [0.2, 0.25) is 0 Å². The molecule has 0 saturated heterocycles. The van der Waals surface area contributed by atoms with Gasteiger partial charge >= 0.3 is 12.1 Å². The third-order valence-electron chi connectivity index (χ3n) is 6.08. The minimum absolute atomic E-state index is 0.0399. The van der Waals surface area contributed by atoms with E-state index in [1.54, 1.807) is 0 Å². The van der Waals surface area contributed by atoms with Crippen molar-refractivity contribution in [2.75, 3.05) is 13.2 Å². The van der Waals surface area contributed by atoms with Crippen molar-refractivity contribution in [3.63, 3.8) is 0 Å². The average Bonchev–Trinajstić information content (AvgIpc) is 3.20. The molecule has 176 valence electrons. The minimum Gasteiger partial charge on any atom is -0.460 e. The van der Waals surface area contributed by atoms with E-state index in [2.05, 4.69) is 29.6 Å². The summed E-state index contributed by atoms with van der Waals surface area (Å²) in [4.78, 5) is 24.3. The molecule has 0 bridgehead atoms. The molecule has 0 aromatic heterocycles. The van der Waals surface area contributed by atoms with Crippen LogP contribution in [0.1, 0.15) is 41.9 Å². The SMILES string of the molecule is N[C@H](CCCCNC(=O)OCC1c2ccccc2-c2ccccc21)C(=O)OCc1ccccc1. The van der Waals surface area contributed by atoms with Crippen molar-refractivity contribution < 1.29 is 19.1 Å². The van der Waals surface area contributed by atoms with Gasteiger partial charge in [-0.05, 0) is 47.1 Å². The Hall–Kier alpha value is -3.64. The molecular weight excluding hydrogens is 428 g/mol. The molecule has 34 heavy (non-hydrogen) atoms. The van der Waals surface area contributed by atoms with Crippen LogP contribution in [0.2, 0.25) is 0 Å². The van der Waals surface area contributed by atoms with E-state index in [0.717, 1.165) is 5.56 Å². The lowest BCUT2D eigenvalue weighted by atomic mass is 9.98. The van der Waals surface area contributed by atoms with Crippen LogP contribution in [-0.4, -0.2) is 31.3 Å². The van der Waals surface area contributed by atoms with Gasteiger partial charge in [-0.3, -0.25) is 4.79 Å². The van der Waals surface area contributed by atoms with Crippen LogP contribution in [0.3, 0.4) is 0 Å². The van der Waals surface area contributed by atoms with E-state index >= 15 is 0 Å². The van der Waals surface area contributed by atoms with Gasteiger partial charge in [-0.25, -0.2) is 4.79 Å². The molecule has 0 saturated carbocycles. The van der Waals surface area contributed by atoms with Crippen LogP contribution in [0.15, 0.2) is 78.9 Å². The van der Waals surface area contributed by atoms with E-state index < -0.39 is 18.1 Å². The topological polar surface area (TPSA) is 90.6 Å². The predicted molar refractivity (Wildman–Crippen MR) is 131 cm³/mol. The molecule has 1 amide bonds. The lowest BCUT2D eigenvalue weighted by Gasteiger charge is -2.15. The van der Waals surface area contributed by atoms with E-state index in [9.17, 15) is 9.59 Å². The van der Waals surface area contributed by atoms with Crippen molar-refractivity contribution in [1.82, 2.24) is 5.32 Å². The fraction of sp³-hybridized carbons (Fsp3) is 0.286. The van der Waals surface area contributed by atoms with E-state index in [-0.39, 0.29) is 19.1 Å². The number of unbranched alkanes of at least 4 members (excludes halogenated alkanes) is 1. The first kappa shape index (κ1) is 23.5. The van der Waals surface area contributed by atoms with Crippen LogP contribution in [0, 0.1) is 0 Å². The number of nitrogens with two attached hydrogens (primary N) is 1. The molecule has 1 aliphatic rings. The number of amides is 1. The van der Waals surface area contributed by atoms with Crippen LogP contribution in [0.25, 0.3) is 11.1 Å². The fourth-order valence-corrected chi connectivity index (χ4v) is 4.28. The van der Waals surface area contributed by atoms with Gasteiger partial charge in [-0.15, -0.1) is 0 Å². The molecule has 1 aliphatic carbocycles. The normalized spacial score (nSPS) is 13.0. The molecule has 0 fully saturated rings. The van der Waals surface area contributed by atoms with Crippen LogP contribution < -0.4 is 11.1 Å². The summed E-state index contributed by atoms with van der Waals surface area (Å²) in [5.74, 6) is -0.369. The monoisotopic (exact) mass is 458 g/mol. The summed E-state index contributed by atoms with van der Waals surface area (Å²) in [6, 6.07) is 25.3. The highest BCUT2D eigenvalue weighted by molar-refractivity contribution is 5.79. The summed E-state index contributed by atoms with van der Waals surface area (Å²) in [7, 11) is 0. The van der Waals surface area contributed by atoms with Crippen LogP contribution in [-0.2, 0) is 20.9 Å². The second-order valence-electron chi connectivity index (χ2n) is 8.45. The number of fused-ring (bicyclic) bond motifs is 3. The lowest BCUT2D eigenvalue weighted by Crippen LogP contribution is -2.32. The number of carbonyl (C=O) groups is 2. The molecule has 3 N–H and O–H groups in total. The third-order valence-corrected chi connectivity index (χ3v) is 6.08. The third kappa shape index (κ3) is 5.83. The Labute approximate surface area is 200 Å². The number of esters is 1. The largest absolute Gasteiger partial charge is 0.460 e. The molecule has 0 aliphatic heterocycles. The first-order valence-corrected chi connectivity index (χ1v) is 11.7. The minimum atomic E-state index is -0.668. The smallest absolute Gasteiger partial charge is 0.407 e. The zero-order valence-corrected chi connectivity index (χ0v) is 19.1. The van der Waals surface area contributed by atoms with Crippen molar-refractivity contribution in [1.29, 1.82) is 0 Å². The molecular formula is C28H30N2O4. The highest BCUT2D eigenvalue weighted by atomic mass is 16.5. The lowest BCUT2D eigenvalue weighted by molar-refractivity contribution is -0.146. The van der Waals surface area contributed by atoms with Crippen molar-refractivity contribution in [2.45, 2.75) is 37.8 Å². The quantitative estimate of drug-likeness (QED) is 0.337. The second kappa shape index (κ2) is 11.5. The highest BCUT2D eigenvalue weighted by Gasteiger charge is 2.28. The molecule has 0 heterocycles. The van der Waals surface area contributed by atoms with Crippen LogP contribution >= 0.6 is 0 Å². The van der Waals surface area contributed by atoms with E-state index in [1.165, 1.54) is 22.3 Å². The van der Waals surface area contributed by atoms with Gasteiger partial charge in [-0.1, -0.05) is 78.9 Å². The maximum atomic E-state index is 12.2. The Morgan fingerprint density at radius 2 is 1.44 bits per heavy atom. The fourth-order valence-electron chi connectivity index (χ4n) is 4.28. The number of benzene rings is 3. The molecule has 0 spiro atoms. The Bertz CT molecular complexity index is 1070. The zero-order chi connectivity index (χ0) is 23.8. The molecule has 0 unspecified atom stereocenters. The van der Waals surface area contributed by atoms with Crippen molar-refractivity contribution in [2.24, 2.45) is 5.73 Å². The van der Waals surface area contributed by atoms with E-state index in [1.807, 2.05) is 54.6 Å². The second-order valence-corrected chi connectivity index (χ2v) is 8.45. The van der Waals surface area contributed by atoms with E-state index in [4.69, 9.17) is 15.2 Å². The highest BCUT2D eigenvalue weighted by Crippen LogP contribution is 2.44. The summed E-state index contributed by atoms with van der Waals surface area (Å²) in [6.07, 6.45) is 1.46. The number of carbonyl (C=O) groups excluding carboxylic acids is 2. The Morgan fingerprint density at radius 3 is 2.12 bits per heavy atom. The van der Waals surface area contributed by atoms with Gasteiger partial charge in [0.1, 0.15) is 19.3 Å². The van der Waals surface area contributed by atoms with Crippen molar-refractivity contribution >= 4 is 12.1 Å². The molecule has 6 nitrogen and oxygen atoms in total. The summed E-state index contributed by atoms with van der Waals surface area (Å²) in [5, 5.41) is 2.79. The number of hydrogen-bond acceptors (Lipinski definition) is 5. The van der Waals surface area contributed by atoms with Crippen molar-refractivity contribution in [3.05, 3.63) is 95.6 Å². The molecule has 0 radical (unpaired) electrons. The number of rotatable bonds is 10. The first-order valence-electron chi connectivity index (χ1n) is 11.7. The molecule has 6 heteroatoms. The summed E-state index contributed by atoms with van der Waals surface area (Å²) >= 11 is 0. The van der Waals surface area contributed by atoms with Crippen molar-refractivity contribution in [3.8, 4) is 11.1 Å². The van der Waals surface area contributed by atoms with Crippen LogP contribution in [0.5, 0.6) is 0 Å². The average molecular weight is 459 g/mol. The summed E-state index contributed by atoms with van der Waals surface area (Å²) < 4.78 is 10.8. The zero-order valence-electron chi connectivity index (χ0n) is 19.1. The number of nitrogens with one attached hydrogen (secondary N) is 1. The van der Waals surface area contributed by atoms with Gasteiger partial charge in [0.25, 0.3) is 0 Å². The van der Waals surface area contributed by atoms with Gasteiger partial charge in [0.05, 0.1) is 0 Å². The summed E-state index contributed by atoms with van der Waals surface area (Å²) in [5.41, 5.74) is 11.6. The molecule has 1 atom stereocenters. The molecule has 3 aromatic rings. The van der Waals surface area contributed by atoms with Crippen LogP contribution in [0.4, 0.5) is 4.79 Å². The Kier molecular flexibility index (Phi) is 7.94. The predicted octanol–water partition coefficient (Wildman–Crippen LogP) is 4.77. The number of ether oxygens (including phenoxy) is 2. The van der Waals surface area contributed by atoms with Gasteiger partial charge < -0.3 is 20.5 Å². The van der Waals surface area contributed by atoms with Gasteiger partial charge in [-0.2, -0.15) is 0 Å². The van der Waals surface area contributed by atoms with Gasteiger partial charge in [0.15, 0.2) is 0 Å². The molecule has 3 aromatic carbocycles. The Balaban J connectivity index is 1.13. The number of alkyl carbamates (subject to hydrolysis) is 1. The maximum Gasteiger partial charge on any atom is 0.407 e. The maximum absolute atomic E-state index is 12.2. The number of hydrogen-bond donors (Lipinski definition) is 2. The molecule has 4 rings (SSSR count). The Morgan fingerprint density at radius 1 is 0.824 bits per heavy atom. The van der Waals surface area contributed by atoms with Gasteiger partial charge in [0, 0.05) is 12.5 Å².